The number of aliphatic hydroxyl groups excluding tert-OH is 1. The lowest BCUT2D eigenvalue weighted by molar-refractivity contribution is 0.0872. The molecule has 0 unspecified atom stereocenters. The monoisotopic (exact) mass is 329 g/mol. The van der Waals surface area contributed by atoms with Crippen molar-refractivity contribution in [2.24, 2.45) is 0 Å². The molecule has 0 aliphatic carbocycles. The molecule has 1 amide bonds. The highest BCUT2D eigenvalue weighted by atomic mass is 32.1. The SMILES string of the molecule is O=C(N[C@H](CO)Cc1ccccc1)c1nc(-c2cccs2)no1. The van der Waals surface area contributed by atoms with Gasteiger partial charge >= 0.3 is 11.8 Å². The van der Waals surface area contributed by atoms with E-state index in [0.717, 1.165) is 10.4 Å². The number of aliphatic hydroxyl groups is 1. The number of rotatable bonds is 6. The summed E-state index contributed by atoms with van der Waals surface area (Å²) in [5.74, 6) is -0.219. The van der Waals surface area contributed by atoms with Gasteiger partial charge in [-0.2, -0.15) is 4.98 Å². The second-order valence-electron chi connectivity index (χ2n) is 4.94. The summed E-state index contributed by atoms with van der Waals surface area (Å²) >= 11 is 1.46. The largest absolute Gasteiger partial charge is 0.394 e. The number of benzene rings is 1. The van der Waals surface area contributed by atoms with Gasteiger partial charge in [-0.1, -0.05) is 41.6 Å². The van der Waals surface area contributed by atoms with E-state index in [9.17, 15) is 9.90 Å². The van der Waals surface area contributed by atoms with Crippen molar-refractivity contribution in [2.45, 2.75) is 12.5 Å². The fourth-order valence-electron chi connectivity index (χ4n) is 2.13. The summed E-state index contributed by atoms with van der Waals surface area (Å²) in [6.45, 7) is -0.174. The number of hydrogen-bond acceptors (Lipinski definition) is 6. The molecule has 1 atom stereocenters. The van der Waals surface area contributed by atoms with Gasteiger partial charge in [0.2, 0.25) is 5.82 Å². The predicted molar refractivity (Wildman–Crippen MR) is 86.1 cm³/mol. The predicted octanol–water partition coefficient (Wildman–Crippen LogP) is 2.13. The van der Waals surface area contributed by atoms with Crippen LogP contribution in [-0.4, -0.2) is 33.8 Å². The molecule has 0 fully saturated rings. The maximum atomic E-state index is 12.2. The summed E-state index contributed by atoms with van der Waals surface area (Å²) < 4.78 is 5.00. The van der Waals surface area contributed by atoms with Crippen molar-refractivity contribution in [3.63, 3.8) is 0 Å². The number of hydrogen-bond donors (Lipinski definition) is 2. The Kier molecular flexibility index (Phi) is 4.80. The smallest absolute Gasteiger partial charge is 0.316 e. The molecular formula is C16H15N3O3S. The van der Waals surface area contributed by atoms with Crippen molar-refractivity contribution in [1.29, 1.82) is 0 Å². The van der Waals surface area contributed by atoms with Crippen molar-refractivity contribution < 1.29 is 14.4 Å². The minimum atomic E-state index is -0.490. The Morgan fingerprint density at radius 3 is 2.78 bits per heavy atom. The van der Waals surface area contributed by atoms with Crippen molar-refractivity contribution >= 4 is 17.2 Å². The van der Waals surface area contributed by atoms with Crippen LogP contribution >= 0.6 is 11.3 Å². The van der Waals surface area contributed by atoms with Crippen LogP contribution in [0.5, 0.6) is 0 Å². The third-order valence-electron chi connectivity index (χ3n) is 3.24. The first kappa shape index (κ1) is 15.4. The first-order valence-electron chi connectivity index (χ1n) is 7.09. The molecule has 0 bridgehead atoms. The van der Waals surface area contributed by atoms with Gasteiger partial charge in [-0.05, 0) is 23.4 Å². The number of thiophene rings is 1. The molecule has 3 rings (SSSR count). The minimum Gasteiger partial charge on any atom is -0.394 e. The summed E-state index contributed by atoms with van der Waals surface area (Å²) in [5, 5.41) is 17.9. The molecule has 7 heteroatoms. The van der Waals surface area contributed by atoms with Crippen LogP contribution < -0.4 is 5.32 Å². The van der Waals surface area contributed by atoms with E-state index in [2.05, 4.69) is 15.5 Å². The minimum absolute atomic E-state index is 0.111. The summed E-state index contributed by atoms with van der Waals surface area (Å²) in [5.41, 5.74) is 1.02. The maximum absolute atomic E-state index is 12.2. The van der Waals surface area contributed by atoms with E-state index in [0.29, 0.717) is 12.2 Å². The molecule has 6 nitrogen and oxygen atoms in total. The zero-order valence-corrected chi connectivity index (χ0v) is 13.0. The second-order valence-corrected chi connectivity index (χ2v) is 5.89. The molecule has 0 radical (unpaired) electrons. The van der Waals surface area contributed by atoms with E-state index in [4.69, 9.17) is 4.52 Å². The molecule has 2 N–H and O–H groups in total. The van der Waals surface area contributed by atoms with Gasteiger partial charge in [0.15, 0.2) is 0 Å². The first-order chi connectivity index (χ1) is 11.3. The molecule has 23 heavy (non-hydrogen) atoms. The lowest BCUT2D eigenvalue weighted by Gasteiger charge is -2.14. The molecule has 118 valence electrons. The average Bonchev–Trinajstić information content (AvgIpc) is 3.26. The fraction of sp³-hybridized carbons (Fsp3) is 0.188. The van der Waals surface area contributed by atoms with Crippen LogP contribution in [0.3, 0.4) is 0 Å². The Morgan fingerprint density at radius 1 is 1.26 bits per heavy atom. The number of carbonyl (C=O) groups is 1. The van der Waals surface area contributed by atoms with Crippen LogP contribution in [0.4, 0.5) is 0 Å². The number of nitrogens with one attached hydrogen (secondary N) is 1. The topological polar surface area (TPSA) is 88.2 Å². The van der Waals surface area contributed by atoms with E-state index in [1.54, 1.807) is 0 Å². The molecule has 0 saturated carbocycles. The highest BCUT2D eigenvalue weighted by Crippen LogP contribution is 2.21. The summed E-state index contributed by atoms with van der Waals surface area (Å²) in [6, 6.07) is 12.9. The standard InChI is InChI=1S/C16H15N3O3S/c20-10-12(9-11-5-2-1-3-6-11)17-15(21)16-18-14(19-22-16)13-7-4-8-23-13/h1-8,12,20H,9-10H2,(H,17,21)/t12-/m0/s1. The normalized spacial score (nSPS) is 12.0. The Labute approximate surface area is 136 Å². The quantitative estimate of drug-likeness (QED) is 0.723. The van der Waals surface area contributed by atoms with Crippen LogP contribution in [-0.2, 0) is 6.42 Å². The second kappa shape index (κ2) is 7.17. The average molecular weight is 329 g/mol. The lowest BCUT2D eigenvalue weighted by Crippen LogP contribution is -2.39. The molecule has 3 aromatic rings. The number of carbonyl (C=O) groups excluding carboxylic acids is 1. The van der Waals surface area contributed by atoms with Gasteiger partial charge in [-0.3, -0.25) is 4.79 Å². The highest BCUT2D eigenvalue weighted by Gasteiger charge is 2.20. The summed E-state index contributed by atoms with van der Waals surface area (Å²) in [4.78, 5) is 17.1. The van der Waals surface area contributed by atoms with Gasteiger partial charge < -0.3 is 14.9 Å². The Hall–Kier alpha value is -2.51. The number of nitrogens with zero attached hydrogens (tertiary/aromatic N) is 2. The van der Waals surface area contributed by atoms with Crippen molar-refractivity contribution in [1.82, 2.24) is 15.5 Å². The highest BCUT2D eigenvalue weighted by molar-refractivity contribution is 7.13. The molecule has 2 heterocycles. The fourth-order valence-corrected chi connectivity index (χ4v) is 2.78. The van der Waals surface area contributed by atoms with Gasteiger partial charge in [0.25, 0.3) is 0 Å². The number of amides is 1. The Balaban J connectivity index is 1.65. The Morgan fingerprint density at radius 2 is 2.09 bits per heavy atom. The summed E-state index contributed by atoms with van der Waals surface area (Å²) in [7, 11) is 0. The molecule has 0 aliphatic heterocycles. The van der Waals surface area contributed by atoms with E-state index < -0.39 is 11.9 Å². The third kappa shape index (κ3) is 3.82. The maximum Gasteiger partial charge on any atom is 0.316 e. The summed E-state index contributed by atoms with van der Waals surface area (Å²) in [6.07, 6.45) is 0.523. The zero-order valence-electron chi connectivity index (χ0n) is 12.2. The van der Waals surface area contributed by atoms with Gasteiger partial charge in [-0.25, -0.2) is 0 Å². The Bertz CT molecular complexity index is 756. The molecule has 0 aliphatic rings. The van der Waals surface area contributed by atoms with E-state index in [1.165, 1.54) is 11.3 Å². The molecule has 2 aromatic heterocycles. The van der Waals surface area contributed by atoms with Crippen molar-refractivity contribution in [3.05, 3.63) is 59.3 Å². The van der Waals surface area contributed by atoms with Crippen molar-refractivity contribution in [3.8, 4) is 10.7 Å². The van der Waals surface area contributed by atoms with Crippen LogP contribution in [0.25, 0.3) is 10.7 Å². The van der Waals surface area contributed by atoms with Gasteiger partial charge in [0.05, 0.1) is 17.5 Å². The van der Waals surface area contributed by atoms with E-state index >= 15 is 0 Å². The molecule has 1 aromatic carbocycles. The molecule has 0 saturated heterocycles. The van der Waals surface area contributed by atoms with Crippen LogP contribution in [0.2, 0.25) is 0 Å². The van der Waals surface area contributed by atoms with E-state index in [-0.39, 0.29) is 12.5 Å². The van der Waals surface area contributed by atoms with Gasteiger partial charge in [-0.15, -0.1) is 11.3 Å². The van der Waals surface area contributed by atoms with E-state index in [1.807, 2.05) is 47.8 Å². The van der Waals surface area contributed by atoms with Gasteiger partial charge in [0, 0.05) is 0 Å². The zero-order chi connectivity index (χ0) is 16.1. The third-order valence-corrected chi connectivity index (χ3v) is 4.11. The first-order valence-corrected chi connectivity index (χ1v) is 7.97. The number of aromatic nitrogens is 2. The van der Waals surface area contributed by atoms with Crippen molar-refractivity contribution in [2.75, 3.05) is 6.61 Å². The van der Waals surface area contributed by atoms with Crippen LogP contribution in [0.15, 0.2) is 52.4 Å². The van der Waals surface area contributed by atoms with Crippen LogP contribution in [0.1, 0.15) is 16.2 Å². The van der Waals surface area contributed by atoms with Crippen LogP contribution in [0, 0.1) is 0 Å². The molecular weight excluding hydrogens is 314 g/mol. The lowest BCUT2D eigenvalue weighted by atomic mass is 10.1. The molecule has 0 spiro atoms. The van der Waals surface area contributed by atoms with Gasteiger partial charge in [0.1, 0.15) is 0 Å².